The first-order chi connectivity index (χ1) is 10.2. The van der Waals surface area contributed by atoms with Gasteiger partial charge in [0.25, 0.3) is 0 Å². The van der Waals surface area contributed by atoms with Crippen LogP contribution >= 0.6 is 22.9 Å². The zero-order valence-electron chi connectivity index (χ0n) is 12.2. The van der Waals surface area contributed by atoms with Crippen LogP contribution in [0.15, 0.2) is 40.8 Å². The molecule has 0 aliphatic carbocycles. The van der Waals surface area contributed by atoms with E-state index in [0.717, 1.165) is 39.6 Å². The van der Waals surface area contributed by atoms with Gasteiger partial charge in [0.15, 0.2) is 0 Å². The van der Waals surface area contributed by atoms with Crippen molar-refractivity contribution in [2.45, 2.75) is 26.3 Å². The molecule has 1 aromatic carbocycles. The summed E-state index contributed by atoms with van der Waals surface area (Å²) < 4.78 is 6.93. The van der Waals surface area contributed by atoms with Crippen molar-refractivity contribution in [3.05, 3.63) is 56.9 Å². The average Bonchev–Trinajstić information content (AvgIpc) is 3.07. The van der Waals surface area contributed by atoms with Gasteiger partial charge in [-0.3, -0.25) is 0 Å². The van der Waals surface area contributed by atoms with Crippen LogP contribution in [-0.4, -0.2) is 6.54 Å². The van der Waals surface area contributed by atoms with E-state index in [1.54, 1.807) is 11.3 Å². The highest BCUT2D eigenvalue weighted by molar-refractivity contribution is 7.16. The van der Waals surface area contributed by atoms with Crippen LogP contribution in [0.4, 0.5) is 0 Å². The van der Waals surface area contributed by atoms with E-state index < -0.39 is 0 Å². The van der Waals surface area contributed by atoms with Gasteiger partial charge in [-0.15, -0.1) is 11.3 Å². The molecular formula is C17H18ClNOS. The van der Waals surface area contributed by atoms with Gasteiger partial charge >= 0.3 is 0 Å². The molecule has 0 amide bonds. The number of aryl methyl sites for hydroxylation is 1. The summed E-state index contributed by atoms with van der Waals surface area (Å²) in [4.78, 5) is 1.19. The minimum Gasteiger partial charge on any atom is -0.459 e. The number of hydrogen-bond acceptors (Lipinski definition) is 3. The molecule has 2 nitrogen and oxygen atoms in total. The van der Waals surface area contributed by atoms with E-state index in [1.165, 1.54) is 4.88 Å². The Hall–Kier alpha value is -1.29. The Labute approximate surface area is 133 Å². The maximum absolute atomic E-state index is 6.12. The topological polar surface area (TPSA) is 25.2 Å². The van der Waals surface area contributed by atoms with Crippen LogP contribution in [0.25, 0.3) is 11.0 Å². The molecule has 0 bridgehead atoms. The largest absolute Gasteiger partial charge is 0.459 e. The smallest absolute Gasteiger partial charge is 0.137 e. The lowest BCUT2D eigenvalue weighted by molar-refractivity contribution is 0.472. The third kappa shape index (κ3) is 3.00. The molecule has 0 saturated carbocycles. The van der Waals surface area contributed by atoms with Gasteiger partial charge in [-0.1, -0.05) is 36.7 Å². The van der Waals surface area contributed by atoms with Crippen LogP contribution < -0.4 is 5.32 Å². The number of para-hydroxylation sites is 1. The summed E-state index contributed by atoms with van der Waals surface area (Å²) in [7, 11) is 0. The van der Waals surface area contributed by atoms with Gasteiger partial charge in [-0.25, -0.2) is 0 Å². The fourth-order valence-electron chi connectivity index (χ4n) is 2.48. The Morgan fingerprint density at radius 3 is 2.81 bits per heavy atom. The number of hydrogen-bond donors (Lipinski definition) is 1. The van der Waals surface area contributed by atoms with Crippen molar-refractivity contribution in [1.29, 1.82) is 0 Å². The molecule has 0 aliphatic heterocycles. The van der Waals surface area contributed by atoms with Crippen LogP contribution in [0.3, 0.4) is 0 Å². The van der Waals surface area contributed by atoms with Crippen molar-refractivity contribution in [3.63, 3.8) is 0 Å². The van der Waals surface area contributed by atoms with E-state index in [1.807, 2.05) is 6.07 Å². The highest BCUT2D eigenvalue weighted by Gasteiger charge is 2.20. The Morgan fingerprint density at radius 1 is 1.29 bits per heavy atom. The molecule has 0 saturated heterocycles. The van der Waals surface area contributed by atoms with E-state index in [2.05, 4.69) is 49.5 Å². The number of benzene rings is 1. The molecule has 1 unspecified atom stereocenters. The molecular weight excluding hydrogens is 302 g/mol. The summed E-state index contributed by atoms with van der Waals surface area (Å²) in [6.07, 6.45) is 1.08. The minimum absolute atomic E-state index is 0.0641. The molecule has 1 atom stereocenters. The highest BCUT2D eigenvalue weighted by Crippen LogP contribution is 2.34. The van der Waals surface area contributed by atoms with Gasteiger partial charge in [-0.05, 0) is 43.7 Å². The van der Waals surface area contributed by atoms with Crippen molar-refractivity contribution < 1.29 is 4.42 Å². The summed E-state index contributed by atoms with van der Waals surface area (Å²) in [5.74, 6) is 0.950. The molecule has 3 aromatic rings. The molecule has 110 valence electrons. The van der Waals surface area contributed by atoms with E-state index >= 15 is 0 Å². The molecule has 0 spiro atoms. The Morgan fingerprint density at radius 2 is 2.14 bits per heavy atom. The second-order valence-corrected chi connectivity index (χ2v) is 6.92. The van der Waals surface area contributed by atoms with Crippen LogP contribution in [0.2, 0.25) is 4.34 Å². The number of furan rings is 1. The zero-order valence-corrected chi connectivity index (χ0v) is 13.7. The lowest BCUT2D eigenvalue weighted by Gasteiger charge is -2.14. The molecule has 3 rings (SSSR count). The maximum atomic E-state index is 6.12. The number of rotatable bonds is 5. The molecule has 1 N–H and O–H groups in total. The van der Waals surface area contributed by atoms with Gasteiger partial charge in [-0.2, -0.15) is 0 Å². The monoisotopic (exact) mass is 319 g/mol. The second kappa shape index (κ2) is 6.22. The second-order valence-electron chi connectivity index (χ2n) is 5.17. The summed E-state index contributed by atoms with van der Waals surface area (Å²) >= 11 is 7.69. The van der Waals surface area contributed by atoms with Crippen molar-refractivity contribution in [1.82, 2.24) is 5.32 Å². The van der Waals surface area contributed by atoms with Crippen LogP contribution in [0, 0.1) is 6.92 Å². The van der Waals surface area contributed by atoms with Crippen LogP contribution in [0.5, 0.6) is 0 Å². The summed E-state index contributed by atoms with van der Waals surface area (Å²) in [5.41, 5.74) is 2.13. The van der Waals surface area contributed by atoms with Gasteiger partial charge in [0.05, 0.1) is 4.34 Å². The number of halogens is 1. The average molecular weight is 320 g/mol. The zero-order chi connectivity index (χ0) is 14.8. The maximum Gasteiger partial charge on any atom is 0.137 e. The van der Waals surface area contributed by atoms with Crippen molar-refractivity contribution in [2.24, 2.45) is 0 Å². The van der Waals surface area contributed by atoms with Gasteiger partial charge in [0, 0.05) is 10.3 Å². The van der Waals surface area contributed by atoms with Gasteiger partial charge in [0.2, 0.25) is 0 Å². The molecule has 2 aromatic heterocycles. The van der Waals surface area contributed by atoms with Crippen molar-refractivity contribution in [2.75, 3.05) is 6.54 Å². The number of fused-ring (bicyclic) bond motifs is 1. The standard InChI is InChI=1S/C17H18ClNOS/c1-3-9-19-16(14-7-8-15(18)21-14)13-10-12-6-4-5-11(2)17(12)20-13/h4-8,10,16,19H,3,9H2,1-2H3. The predicted molar refractivity (Wildman–Crippen MR) is 90.4 cm³/mol. The fraction of sp³-hybridized carbons (Fsp3) is 0.294. The van der Waals surface area contributed by atoms with Crippen molar-refractivity contribution in [3.8, 4) is 0 Å². The predicted octanol–water partition coefficient (Wildman–Crippen LogP) is 5.55. The Kier molecular flexibility index (Phi) is 4.34. The lowest BCUT2D eigenvalue weighted by atomic mass is 10.1. The normalized spacial score (nSPS) is 12.9. The fourth-order valence-corrected chi connectivity index (χ4v) is 3.63. The van der Waals surface area contributed by atoms with Gasteiger partial charge in [0.1, 0.15) is 17.4 Å². The third-order valence-corrected chi connectivity index (χ3v) is 4.82. The lowest BCUT2D eigenvalue weighted by Crippen LogP contribution is -2.21. The number of nitrogens with one attached hydrogen (secondary N) is 1. The first-order valence-corrected chi connectivity index (χ1v) is 8.36. The van der Waals surface area contributed by atoms with Gasteiger partial charge < -0.3 is 9.73 Å². The molecule has 2 heterocycles. The first kappa shape index (κ1) is 14.6. The summed E-state index contributed by atoms with van der Waals surface area (Å²) in [6.45, 7) is 5.18. The van der Waals surface area contributed by atoms with E-state index in [-0.39, 0.29) is 6.04 Å². The van der Waals surface area contributed by atoms with Crippen LogP contribution in [0.1, 0.15) is 35.6 Å². The molecule has 0 fully saturated rings. The summed E-state index contributed by atoms with van der Waals surface area (Å²) in [5, 5.41) is 4.70. The molecule has 4 heteroatoms. The van der Waals surface area contributed by atoms with Crippen molar-refractivity contribution >= 4 is 33.9 Å². The van der Waals surface area contributed by atoms with E-state index in [9.17, 15) is 0 Å². The highest BCUT2D eigenvalue weighted by atomic mass is 35.5. The van der Waals surface area contributed by atoms with E-state index in [4.69, 9.17) is 16.0 Å². The molecule has 0 radical (unpaired) electrons. The quantitative estimate of drug-likeness (QED) is 0.667. The van der Waals surface area contributed by atoms with E-state index in [0.29, 0.717) is 0 Å². The molecule has 21 heavy (non-hydrogen) atoms. The first-order valence-electron chi connectivity index (χ1n) is 7.16. The third-order valence-electron chi connectivity index (χ3n) is 3.52. The Bertz CT molecular complexity index is 746. The molecule has 0 aliphatic rings. The SMILES string of the molecule is CCCNC(c1cc2cccc(C)c2o1)c1ccc(Cl)s1. The summed E-state index contributed by atoms with van der Waals surface area (Å²) in [6, 6.07) is 12.4. The Balaban J connectivity index is 2.03. The minimum atomic E-state index is 0.0641. The number of thiophene rings is 1. The van der Waals surface area contributed by atoms with Crippen LogP contribution in [-0.2, 0) is 0 Å².